The highest BCUT2D eigenvalue weighted by Gasteiger charge is 2.22. The van der Waals surface area contributed by atoms with Crippen molar-refractivity contribution in [1.82, 2.24) is 4.57 Å². The smallest absolute Gasteiger partial charge is 0.0860 e. The van der Waals surface area contributed by atoms with Crippen LogP contribution in [0.25, 0.3) is 10.9 Å². The molecule has 1 N–H and O–H groups in total. The number of para-hydroxylation sites is 1. The highest BCUT2D eigenvalue weighted by atomic mass is 16.3. The predicted octanol–water partition coefficient (Wildman–Crippen LogP) is 4.06. The van der Waals surface area contributed by atoms with Crippen LogP contribution in [-0.4, -0.2) is 9.67 Å². The van der Waals surface area contributed by atoms with Gasteiger partial charge in [-0.25, -0.2) is 0 Å². The molecule has 1 aliphatic rings. The molecule has 0 atom stereocenters. The summed E-state index contributed by atoms with van der Waals surface area (Å²) in [5.41, 5.74) is 1.46. The molecule has 0 aliphatic heterocycles. The Morgan fingerprint density at radius 1 is 1.21 bits per heavy atom. The summed E-state index contributed by atoms with van der Waals surface area (Å²) < 4.78 is 2.35. The van der Waals surface area contributed by atoms with E-state index in [0.29, 0.717) is 0 Å². The third-order valence-electron chi connectivity index (χ3n) is 4.38. The Morgan fingerprint density at radius 2 is 1.95 bits per heavy atom. The van der Waals surface area contributed by atoms with Gasteiger partial charge in [-0.05, 0) is 44.1 Å². The van der Waals surface area contributed by atoms with E-state index in [2.05, 4.69) is 22.9 Å². The van der Waals surface area contributed by atoms with Gasteiger partial charge in [-0.3, -0.25) is 0 Å². The molecule has 0 unspecified atom stereocenters. The van der Waals surface area contributed by atoms with E-state index in [0.717, 1.165) is 18.0 Å². The van der Waals surface area contributed by atoms with Gasteiger partial charge in [0, 0.05) is 18.3 Å². The Labute approximate surface area is 115 Å². The second-order valence-corrected chi connectivity index (χ2v) is 6.42. The van der Waals surface area contributed by atoms with Gasteiger partial charge >= 0.3 is 0 Å². The van der Waals surface area contributed by atoms with Crippen molar-refractivity contribution in [2.45, 2.75) is 51.7 Å². The molecule has 1 aliphatic carbocycles. The molecule has 0 bridgehead atoms. The lowest BCUT2D eigenvalue weighted by Gasteiger charge is -2.21. The van der Waals surface area contributed by atoms with Gasteiger partial charge in [-0.1, -0.05) is 31.0 Å². The van der Waals surface area contributed by atoms with Gasteiger partial charge in [-0.15, -0.1) is 0 Å². The minimum Gasteiger partial charge on any atom is -0.386 e. The molecular formula is C17H23NO. The molecule has 0 radical (unpaired) electrons. The third-order valence-corrected chi connectivity index (χ3v) is 4.38. The maximum atomic E-state index is 10.4. The third kappa shape index (κ3) is 2.42. The highest BCUT2D eigenvalue weighted by molar-refractivity contribution is 5.84. The Hall–Kier alpha value is -1.28. The first-order chi connectivity index (χ1) is 9.05. The maximum absolute atomic E-state index is 10.4. The summed E-state index contributed by atoms with van der Waals surface area (Å²) in [5, 5.41) is 11.6. The van der Waals surface area contributed by atoms with Gasteiger partial charge in [-0.2, -0.15) is 0 Å². The van der Waals surface area contributed by atoms with Crippen LogP contribution in [0.15, 0.2) is 30.5 Å². The second-order valence-electron chi connectivity index (χ2n) is 6.42. The van der Waals surface area contributed by atoms with Crippen molar-refractivity contribution >= 4 is 10.9 Å². The molecule has 102 valence electrons. The first kappa shape index (κ1) is 12.7. The number of hydrogen-bond donors (Lipinski definition) is 1. The summed E-state index contributed by atoms with van der Waals surface area (Å²) in [6, 6.07) is 8.39. The van der Waals surface area contributed by atoms with E-state index < -0.39 is 5.60 Å². The van der Waals surface area contributed by atoms with E-state index in [1.54, 1.807) is 0 Å². The van der Waals surface area contributed by atoms with Crippen LogP contribution in [0.4, 0.5) is 0 Å². The molecule has 3 rings (SSSR count). The van der Waals surface area contributed by atoms with E-state index >= 15 is 0 Å². The summed E-state index contributed by atoms with van der Waals surface area (Å²) >= 11 is 0. The van der Waals surface area contributed by atoms with Crippen molar-refractivity contribution in [2.75, 3.05) is 0 Å². The van der Waals surface area contributed by atoms with Gasteiger partial charge in [0.25, 0.3) is 0 Å². The van der Waals surface area contributed by atoms with Crippen molar-refractivity contribution in [1.29, 1.82) is 0 Å². The molecule has 1 aromatic heterocycles. The predicted molar refractivity (Wildman–Crippen MR) is 79.1 cm³/mol. The van der Waals surface area contributed by atoms with Gasteiger partial charge < -0.3 is 9.67 Å². The normalized spacial score (nSPS) is 17.4. The second kappa shape index (κ2) is 4.68. The van der Waals surface area contributed by atoms with Crippen molar-refractivity contribution in [3.8, 4) is 0 Å². The minimum absolute atomic E-state index is 0.786. The molecule has 2 nitrogen and oxygen atoms in total. The number of fused-ring (bicyclic) bond motifs is 1. The lowest BCUT2D eigenvalue weighted by molar-refractivity contribution is 0.0798. The molecule has 1 saturated carbocycles. The average Bonchev–Trinajstić information content (AvgIpc) is 2.98. The molecule has 2 aromatic rings. The van der Waals surface area contributed by atoms with Crippen LogP contribution >= 0.6 is 0 Å². The first-order valence-electron chi connectivity index (χ1n) is 7.36. The van der Waals surface area contributed by atoms with Crippen LogP contribution in [-0.2, 0) is 12.1 Å². The van der Waals surface area contributed by atoms with Crippen LogP contribution in [0.3, 0.4) is 0 Å². The zero-order valence-corrected chi connectivity index (χ0v) is 11.9. The maximum Gasteiger partial charge on any atom is 0.0860 e. The van der Waals surface area contributed by atoms with Crippen molar-refractivity contribution in [3.05, 3.63) is 36.0 Å². The van der Waals surface area contributed by atoms with E-state index in [1.807, 2.05) is 26.0 Å². The Balaban J connectivity index is 2.04. The van der Waals surface area contributed by atoms with Crippen LogP contribution < -0.4 is 0 Å². The van der Waals surface area contributed by atoms with Gasteiger partial charge in [0.2, 0.25) is 0 Å². The fraction of sp³-hybridized carbons (Fsp3) is 0.529. The highest BCUT2D eigenvalue weighted by Crippen LogP contribution is 2.32. The lowest BCUT2D eigenvalue weighted by atomic mass is 9.96. The number of rotatable bonds is 3. The first-order valence-corrected chi connectivity index (χ1v) is 7.36. The van der Waals surface area contributed by atoms with Gasteiger partial charge in [0.15, 0.2) is 0 Å². The molecule has 0 saturated heterocycles. The molecular weight excluding hydrogens is 234 g/mol. The molecule has 19 heavy (non-hydrogen) atoms. The van der Waals surface area contributed by atoms with Crippen molar-refractivity contribution in [3.63, 3.8) is 0 Å². The summed E-state index contributed by atoms with van der Waals surface area (Å²) in [5.74, 6) is 0.811. The van der Waals surface area contributed by atoms with E-state index in [-0.39, 0.29) is 0 Å². The van der Waals surface area contributed by atoms with Crippen molar-refractivity contribution in [2.24, 2.45) is 5.92 Å². The fourth-order valence-electron chi connectivity index (χ4n) is 3.38. The van der Waals surface area contributed by atoms with Gasteiger partial charge in [0.05, 0.1) is 11.1 Å². The molecule has 1 aromatic carbocycles. The average molecular weight is 257 g/mol. The van der Waals surface area contributed by atoms with E-state index in [9.17, 15) is 5.11 Å². The monoisotopic (exact) mass is 257 g/mol. The Morgan fingerprint density at radius 3 is 2.63 bits per heavy atom. The number of benzene rings is 1. The SMILES string of the molecule is CC(C)(O)c1cccc2ccn(CC3CCCC3)c12. The lowest BCUT2D eigenvalue weighted by Crippen LogP contribution is -2.18. The van der Waals surface area contributed by atoms with Crippen LogP contribution in [0.5, 0.6) is 0 Å². The summed E-state index contributed by atoms with van der Waals surface area (Å²) in [6.45, 7) is 4.83. The molecule has 2 heteroatoms. The number of aromatic nitrogens is 1. The fourth-order valence-corrected chi connectivity index (χ4v) is 3.38. The Kier molecular flexibility index (Phi) is 3.14. The van der Waals surface area contributed by atoms with E-state index in [1.165, 1.54) is 36.6 Å². The standard InChI is InChI=1S/C17H23NO/c1-17(2,19)15-9-5-8-14-10-11-18(16(14)15)12-13-6-3-4-7-13/h5,8-11,13,19H,3-4,6-7,12H2,1-2H3. The molecule has 1 heterocycles. The minimum atomic E-state index is -0.786. The van der Waals surface area contributed by atoms with Crippen molar-refractivity contribution < 1.29 is 5.11 Å². The largest absolute Gasteiger partial charge is 0.386 e. The number of hydrogen-bond acceptors (Lipinski definition) is 1. The topological polar surface area (TPSA) is 25.2 Å². The quantitative estimate of drug-likeness (QED) is 0.881. The van der Waals surface area contributed by atoms with Crippen LogP contribution in [0.2, 0.25) is 0 Å². The zero-order valence-electron chi connectivity index (χ0n) is 11.9. The zero-order chi connectivity index (χ0) is 13.5. The molecule has 1 fully saturated rings. The Bertz CT molecular complexity index is 570. The number of nitrogens with zero attached hydrogens (tertiary/aromatic N) is 1. The van der Waals surface area contributed by atoms with Gasteiger partial charge in [0.1, 0.15) is 0 Å². The van der Waals surface area contributed by atoms with E-state index in [4.69, 9.17) is 0 Å². The summed E-state index contributed by atoms with van der Waals surface area (Å²) in [4.78, 5) is 0. The molecule has 0 amide bonds. The van der Waals surface area contributed by atoms with Crippen LogP contribution in [0.1, 0.15) is 45.1 Å². The molecule has 0 spiro atoms. The number of aliphatic hydroxyl groups is 1. The van der Waals surface area contributed by atoms with Crippen LogP contribution in [0, 0.1) is 5.92 Å². The summed E-state index contributed by atoms with van der Waals surface area (Å²) in [6.07, 6.45) is 7.64. The summed E-state index contributed by atoms with van der Waals surface area (Å²) in [7, 11) is 0.